The van der Waals surface area contributed by atoms with Crippen molar-refractivity contribution in [3.63, 3.8) is 0 Å². The highest BCUT2D eigenvalue weighted by Crippen LogP contribution is 2.10. The molecule has 24 heavy (non-hydrogen) atoms. The molecule has 2 atom stereocenters. The molecule has 0 aliphatic heterocycles. The summed E-state index contributed by atoms with van der Waals surface area (Å²) in [5.74, 6) is -0.934. The van der Waals surface area contributed by atoms with Gasteiger partial charge >= 0.3 is 11.8 Å². The summed E-state index contributed by atoms with van der Waals surface area (Å²) in [6.07, 6.45) is 12.0. The monoisotopic (exact) mass is 338 g/mol. The molecule has 2 N–H and O–H groups in total. The van der Waals surface area contributed by atoms with Crippen LogP contribution in [0.25, 0.3) is 0 Å². The Balaban J connectivity index is 4.20. The molecule has 0 rings (SSSR count). The van der Waals surface area contributed by atoms with Gasteiger partial charge in [0.2, 0.25) is 0 Å². The van der Waals surface area contributed by atoms with E-state index in [1.165, 1.54) is 0 Å². The van der Waals surface area contributed by atoms with Gasteiger partial charge in [0.15, 0.2) is 0 Å². The largest absolute Gasteiger partial charge is 0.331 e. The van der Waals surface area contributed by atoms with Gasteiger partial charge in [-0.1, -0.05) is 53.4 Å². The fourth-order valence-electron chi connectivity index (χ4n) is 2.20. The van der Waals surface area contributed by atoms with E-state index in [0.29, 0.717) is 11.8 Å². The van der Waals surface area contributed by atoms with Crippen molar-refractivity contribution in [3.05, 3.63) is 0 Å². The Labute approximate surface area is 146 Å². The van der Waals surface area contributed by atoms with Crippen LogP contribution in [0.1, 0.15) is 79.1 Å². The Hall–Kier alpha value is -1.72. The predicted octanol–water partition coefficient (Wildman–Crippen LogP) is 3.62. The average Bonchev–Trinajstić information content (AvgIpc) is 2.60. The topological polar surface area (TPSA) is 82.9 Å². The molecule has 0 bridgehead atoms. The lowest BCUT2D eigenvalue weighted by atomic mass is 10.0. The molecule has 0 fully saturated rings. The Morgan fingerprint density at radius 3 is 1.46 bits per heavy atom. The summed E-state index contributed by atoms with van der Waals surface area (Å²) in [5.41, 5.74) is 4.51. The summed E-state index contributed by atoms with van der Waals surface area (Å²) >= 11 is 0. The van der Waals surface area contributed by atoms with Crippen LogP contribution in [0.3, 0.4) is 0 Å². The molecule has 0 aromatic heterocycles. The Morgan fingerprint density at radius 2 is 1.17 bits per heavy atom. The molecule has 2 amide bonds. The molecule has 0 radical (unpaired) electrons. The van der Waals surface area contributed by atoms with Gasteiger partial charge in [-0.2, -0.15) is 10.2 Å². The zero-order valence-corrected chi connectivity index (χ0v) is 15.7. The van der Waals surface area contributed by atoms with Gasteiger partial charge in [-0.25, -0.2) is 10.9 Å². The van der Waals surface area contributed by atoms with Gasteiger partial charge in [-0.05, 0) is 37.5 Å². The minimum absolute atomic E-state index is 0.329. The highest BCUT2D eigenvalue weighted by molar-refractivity contribution is 6.35. The second kappa shape index (κ2) is 14.8. The number of carbonyl (C=O) groups is 2. The van der Waals surface area contributed by atoms with Crippen molar-refractivity contribution in [2.45, 2.75) is 79.1 Å². The Kier molecular flexibility index (Phi) is 13.8. The summed E-state index contributed by atoms with van der Waals surface area (Å²) in [6.45, 7) is 8.44. The highest BCUT2D eigenvalue weighted by atomic mass is 16.2. The Bertz CT molecular complexity index is 370. The molecule has 0 spiro atoms. The average molecular weight is 338 g/mol. The number of nitrogens with zero attached hydrogens (tertiary/aromatic N) is 2. The summed E-state index contributed by atoms with van der Waals surface area (Å²) in [7, 11) is 0. The number of nitrogens with one attached hydrogen (secondary N) is 2. The quantitative estimate of drug-likeness (QED) is 0.324. The van der Waals surface area contributed by atoms with E-state index in [0.717, 1.165) is 51.4 Å². The molecule has 0 aliphatic rings. The third kappa shape index (κ3) is 10.9. The van der Waals surface area contributed by atoms with Crippen molar-refractivity contribution >= 4 is 24.2 Å². The van der Waals surface area contributed by atoms with Crippen LogP contribution in [0.5, 0.6) is 0 Å². The number of hydrogen-bond acceptors (Lipinski definition) is 4. The van der Waals surface area contributed by atoms with Crippen LogP contribution in [0.2, 0.25) is 0 Å². The van der Waals surface area contributed by atoms with E-state index in [1.807, 2.05) is 0 Å². The summed E-state index contributed by atoms with van der Waals surface area (Å²) in [4.78, 5) is 23.3. The van der Waals surface area contributed by atoms with Crippen LogP contribution in [0, 0.1) is 11.8 Å². The molecule has 0 aromatic rings. The SMILES string of the molecule is CCCCC(/C=N/NC(=O)C(=O)N/N=C/C(CC)CCCC)CC. The third-order valence-electron chi connectivity index (χ3n) is 4.01. The smallest absolute Gasteiger partial charge is 0.262 e. The van der Waals surface area contributed by atoms with Gasteiger partial charge in [0.05, 0.1) is 0 Å². The van der Waals surface area contributed by atoms with Gasteiger partial charge in [0, 0.05) is 12.4 Å². The summed E-state index contributed by atoms with van der Waals surface area (Å²) in [6, 6.07) is 0. The summed E-state index contributed by atoms with van der Waals surface area (Å²) < 4.78 is 0. The van der Waals surface area contributed by atoms with Crippen molar-refractivity contribution in [3.8, 4) is 0 Å². The maximum atomic E-state index is 11.6. The zero-order chi connectivity index (χ0) is 18.2. The molecule has 0 aliphatic carbocycles. The van der Waals surface area contributed by atoms with Gasteiger partial charge in [0.25, 0.3) is 0 Å². The van der Waals surface area contributed by atoms with E-state index in [4.69, 9.17) is 0 Å². The lowest BCUT2D eigenvalue weighted by Gasteiger charge is -2.08. The first-order chi connectivity index (χ1) is 11.6. The van der Waals surface area contributed by atoms with Crippen molar-refractivity contribution in [1.29, 1.82) is 0 Å². The lowest BCUT2D eigenvalue weighted by Crippen LogP contribution is -2.35. The molecular weight excluding hydrogens is 304 g/mol. The minimum atomic E-state index is -0.796. The zero-order valence-electron chi connectivity index (χ0n) is 15.7. The minimum Gasteiger partial charge on any atom is -0.262 e. The predicted molar refractivity (Wildman–Crippen MR) is 99.9 cm³/mol. The van der Waals surface area contributed by atoms with Crippen molar-refractivity contribution in [2.24, 2.45) is 22.0 Å². The van der Waals surface area contributed by atoms with E-state index in [2.05, 4.69) is 48.7 Å². The number of unbranched alkanes of at least 4 members (excludes halogenated alkanes) is 2. The molecule has 0 heterocycles. The second-order valence-electron chi connectivity index (χ2n) is 6.06. The molecule has 138 valence electrons. The molecule has 0 saturated heterocycles. The van der Waals surface area contributed by atoms with Gasteiger partial charge in [-0.15, -0.1) is 0 Å². The molecule has 6 nitrogen and oxygen atoms in total. The third-order valence-corrected chi connectivity index (χ3v) is 4.01. The fourth-order valence-corrected chi connectivity index (χ4v) is 2.20. The molecule has 0 aromatic carbocycles. The maximum Gasteiger partial charge on any atom is 0.331 e. The van der Waals surface area contributed by atoms with E-state index in [1.54, 1.807) is 12.4 Å². The van der Waals surface area contributed by atoms with Crippen molar-refractivity contribution in [2.75, 3.05) is 0 Å². The fraction of sp³-hybridized carbons (Fsp3) is 0.778. The highest BCUT2D eigenvalue weighted by Gasteiger charge is 2.12. The first kappa shape index (κ1) is 22.3. The van der Waals surface area contributed by atoms with Gasteiger partial charge in [0.1, 0.15) is 0 Å². The first-order valence-electron chi connectivity index (χ1n) is 9.25. The molecule has 0 saturated carbocycles. The van der Waals surface area contributed by atoms with Crippen LogP contribution < -0.4 is 10.9 Å². The maximum absolute atomic E-state index is 11.6. The number of hydrazone groups is 2. The Morgan fingerprint density at radius 1 is 0.792 bits per heavy atom. The lowest BCUT2D eigenvalue weighted by molar-refractivity contribution is -0.139. The molecule has 6 heteroatoms. The molecular formula is C18H34N4O2. The van der Waals surface area contributed by atoms with E-state index < -0.39 is 11.8 Å². The number of carbonyl (C=O) groups excluding carboxylic acids is 2. The normalized spacial score (nSPS) is 14.0. The van der Waals surface area contributed by atoms with Crippen molar-refractivity contribution in [1.82, 2.24) is 10.9 Å². The van der Waals surface area contributed by atoms with E-state index >= 15 is 0 Å². The van der Waals surface area contributed by atoms with Crippen LogP contribution in [0.4, 0.5) is 0 Å². The van der Waals surface area contributed by atoms with Crippen LogP contribution in [-0.4, -0.2) is 24.2 Å². The van der Waals surface area contributed by atoms with E-state index in [-0.39, 0.29) is 0 Å². The van der Waals surface area contributed by atoms with Crippen LogP contribution in [-0.2, 0) is 9.59 Å². The van der Waals surface area contributed by atoms with Gasteiger partial charge in [-0.3, -0.25) is 9.59 Å². The number of hydrogen-bond donors (Lipinski definition) is 2. The first-order valence-corrected chi connectivity index (χ1v) is 9.25. The van der Waals surface area contributed by atoms with Crippen LogP contribution >= 0.6 is 0 Å². The van der Waals surface area contributed by atoms with E-state index in [9.17, 15) is 9.59 Å². The van der Waals surface area contributed by atoms with Crippen LogP contribution in [0.15, 0.2) is 10.2 Å². The van der Waals surface area contributed by atoms with Gasteiger partial charge < -0.3 is 0 Å². The molecule has 2 unspecified atom stereocenters. The summed E-state index contributed by atoms with van der Waals surface area (Å²) in [5, 5.41) is 7.76. The number of amides is 2. The number of rotatable bonds is 12. The second-order valence-corrected chi connectivity index (χ2v) is 6.06. The van der Waals surface area contributed by atoms with Crippen molar-refractivity contribution < 1.29 is 9.59 Å². The standard InChI is InChI=1S/C18H34N4O2/c1-5-9-11-15(7-3)13-19-21-17(23)18(24)22-20-14-16(8-4)12-10-6-2/h13-16H,5-12H2,1-4H3,(H,21,23)(H,22,24)/b19-13+,20-14+.